The first kappa shape index (κ1) is 24.9. The molecule has 9 heteroatoms. The lowest BCUT2D eigenvalue weighted by molar-refractivity contribution is -0.133. The Hall–Kier alpha value is -4.79. The Morgan fingerprint density at radius 2 is 1.79 bits per heavy atom. The number of carboxylic acids is 1. The molecule has 0 radical (unpaired) electrons. The number of nitrogens with one attached hydrogen (secondary N) is 1. The highest BCUT2D eigenvalue weighted by Crippen LogP contribution is 2.32. The van der Waals surface area contributed by atoms with Gasteiger partial charge in [0.1, 0.15) is 17.6 Å². The number of carboxylic acid groups (broad SMARTS) is 1. The zero-order valence-electron chi connectivity index (χ0n) is 20.7. The standard InChI is InChI=1S/C29H27N5O4/c35-25(17-21-7-5-12-30-18-21)34-15-14-33-19-24(32-27(33)26(34)22-8-2-1-3-9-22)28(36)31-13-11-20-6-4-10-23(16-20)29(37)38/h1-10,12,16,18-19,26H,11,13-15,17H2,(H,31,36)(H,37,38). The molecule has 0 aliphatic carbocycles. The van der Waals surface area contributed by atoms with Crippen molar-refractivity contribution in [3.63, 3.8) is 0 Å². The first-order valence-electron chi connectivity index (χ1n) is 12.4. The van der Waals surface area contributed by atoms with E-state index in [1.807, 2.05) is 58.0 Å². The summed E-state index contributed by atoms with van der Waals surface area (Å²) in [6.07, 6.45) is 5.82. The topological polar surface area (TPSA) is 117 Å². The summed E-state index contributed by atoms with van der Waals surface area (Å²) < 4.78 is 1.94. The van der Waals surface area contributed by atoms with Crippen molar-refractivity contribution in [2.24, 2.45) is 0 Å². The van der Waals surface area contributed by atoms with Gasteiger partial charge in [-0.2, -0.15) is 0 Å². The van der Waals surface area contributed by atoms with Crippen molar-refractivity contribution >= 4 is 17.8 Å². The van der Waals surface area contributed by atoms with Gasteiger partial charge < -0.3 is 19.9 Å². The zero-order valence-corrected chi connectivity index (χ0v) is 20.7. The third-order valence-electron chi connectivity index (χ3n) is 6.57. The Bertz CT molecular complexity index is 1450. The molecule has 2 aromatic carbocycles. The number of pyridine rings is 1. The van der Waals surface area contributed by atoms with Crippen LogP contribution < -0.4 is 5.32 Å². The largest absolute Gasteiger partial charge is 0.478 e. The maximum atomic E-state index is 13.4. The molecule has 38 heavy (non-hydrogen) atoms. The highest BCUT2D eigenvalue weighted by Gasteiger charge is 2.34. The second-order valence-corrected chi connectivity index (χ2v) is 9.13. The minimum absolute atomic E-state index is 0.0318. The average molecular weight is 510 g/mol. The van der Waals surface area contributed by atoms with Crippen LogP contribution in [0.5, 0.6) is 0 Å². The summed E-state index contributed by atoms with van der Waals surface area (Å²) in [4.78, 5) is 48.2. The van der Waals surface area contributed by atoms with Gasteiger partial charge in [-0.25, -0.2) is 9.78 Å². The summed E-state index contributed by atoms with van der Waals surface area (Å²) in [7, 11) is 0. The third kappa shape index (κ3) is 5.46. The summed E-state index contributed by atoms with van der Waals surface area (Å²) in [6, 6.07) is 19.6. The molecule has 1 aliphatic rings. The second-order valence-electron chi connectivity index (χ2n) is 9.13. The van der Waals surface area contributed by atoms with E-state index in [1.165, 1.54) is 6.07 Å². The van der Waals surface area contributed by atoms with Crippen LogP contribution in [-0.4, -0.2) is 55.4 Å². The van der Waals surface area contributed by atoms with Gasteiger partial charge in [0.15, 0.2) is 0 Å². The molecule has 0 fully saturated rings. The monoisotopic (exact) mass is 509 g/mol. The number of fused-ring (bicyclic) bond motifs is 1. The van der Waals surface area contributed by atoms with Crippen molar-refractivity contribution in [1.82, 2.24) is 24.8 Å². The fourth-order valence-electron chi connectivity index (χ4n) is 4.70. The number of hydrogen-bond donors (Lipinski definition) is 2. The Labute approximate surface area is 219 Å². The number of rotatable bonds is 8. The number of nitrogens with zero attached hydrogens (tertiary/aromatic N) is 4. The molecule has 0 spiro atoms. The molecule has 4 aromatic rings. The lowest BCUT2D eigenvalue weighted by atomic mass is 10.0. The quantitative estimate of drug-likeness (QED) is 0.377. The van der Waals surface area contributed by atoms with Crippen molar-refractivity contribution in [1.29, 1.82) is 0 Å². The van der Waals surface area contributed by atoms with E-state index < -0.39 is 12.0 Å². The number of aromatic nitrogens is 3. The SMILES string of the molecule is O=C(O)c1cccc(CCNC(=O)c2cn3c(n2)C(c2ccccc2)N(C(=O)Cc2cccnc2)CC3)c1. The predicted octanol–water partition coefficient (Wildman–Crippen LogP) is 3.12. The van der Waals surface area contributed by atoms with Gasteiger partial charge in [-0.1, -0.05) is 48.5 Å². The maximum Gasteiger partial charge on any atom is 0.335 e. The lowest BCUT2D eigenvalue weighted by Crippen LogP contribution is -2.43. The summed E-state index contributed by atoms with van der Waals surface area (Å²) in [5.41, 5.74) is 3.07. The van der Waals surface area contributed by atoms with Gasteiger partial charge in [-0.05, 0) is 41.3 Å². The fraction of sp³-hybridized carbons (Fsp3) is 0.207. The van der Waals surface area contributed by atoms with Gasteiger partial charge in [0.25, 0.3) is 5.91 Å². The van der Waals surface area contributed by atoms with Crippen molar-refractivity contribution in [3.8, 4) is 0 Å². The molecule has 0 bridgehead atoms. The molecule has 0 saturated carbocycles. The van der Waals surface area contributed by atoms with E-state index in [-0.39, 0.29) is 29.5 Å². The molecule has 9 nitrogen and oxygen atoms in total. The van der Waals surface area contributed by atoms with E-state index >= 15 is 0 Å². The summed E-state index contributed by atoms with van der Waals surface area (Å²) >= 11 is 0. The Morgan fingerprint density at radius 3 is 2.55 bits per heavy atom. The molecule has 1 unspecified atom stereocenters. The normalized spacial score (nSPS) is 14.5. The molecule has 1 atom stereocenters. The average Bonchev–Trinajstić information content (AvgIpc) is 3.38. The van der Waals surface area contributed by atoms with Crippen LogP contribution in [0.4, 0.5) is 0 Å². The number of amides is 2. The fourth-order valence-corrected chi connectivity index (χ4v) is 4.70. The first-order valence-corrected chi connectivity index (χ1v) is 12.4. The summed E-state index contributed by atoms with van der Waals surface area (Å²) in [5.74, 6) is -0.696. The highest BCUT2D eigenvalue weighted by molar-refractivity contribution is 5.92. The number of imidazole rings is 1. The number of carbonyl (C=O) groups excluding carboxylic acids is 2. The molecule has 0 saturated heterocycles. The van der Waals surface area contributed by atoms with Crippen molar-refractivity contribution in [2.75, 3.05) is 13.1 Å². The van der Waals surface area contributed by atoms with E-state index in [0.717, 1.165) is 16.7 Å². The van der Waals surface area contributed by atoms with E-state index in [4.69, 9.17) is 0 Å². The molecule has 3 heterocycles. The number of benzene rings is 2. The van der Waals surface area contributed by atoms with Crippen molar-refractivity contribution in [2.45, 2.75) is 25.4 Å². The molecule has 2 aromatic heterocycles. The van der Waals surface area contributed by atoms with Gasteiger partial charge in [-0.3, -0.25) is 14.6 Å². The Morgan fingerprint density at radius 1 is 0.974 bits per heavy atom. The van der Waals surface area contributed by atoms with Crippen LogP contribution in [-0.2, 0) is 24.2 Å². The molecule has 1 aliphatic heterocycles. The summed E-state index contributed by atoms with van der Waals surface area (Å²) in [5, 5.41) is 12.1. The minimum Gasteiger partial charge on any atom is -0.478 e. The van der Waals surface area contributed by atoms with Crippen LogP contribution in [0.2, 0.25) is 0 Å². The van der Waals surface area contributed by atoms with Crippen LogP contribution in [0.25, 0.3) is 0 Å². The molecule has 5 rings (SSSR count). The van der Waals surface area contributed by atoms with Gasteiger partial charge in [-0.15, -0.1) is 0 Å². The zero-order chi connectivity index (χ0) is 26.5. The maximum absolute atomic E-state index is 13.4. The Kier molecular flexibility index (Phi) is 7.26. The number of carbonyl (C=O) groups is 3. The minimum atomic E-state index is -0.986. The number of aromatic carboxylic acids is 1. The van der Waals surface area contributed by atoms with Gasteiger partial charge >= 0.3 is 5.97 Å². The molecule has 192 valence electrons. The van der Waals surface area contributed by atoms with Gasteiger partial charge in [0.05, 0.1) is 12.0 Å². The summed E-state index contributed by atoms with van der Waals surface area (Å²) in [6.45, 7) is 1.35. The molecule has 2 N–H and O–H groups in total. The van der Waals surface area contributed by atoms with Crippen molar-refractivity contribution in [3.05, 3.63) is 119 Å². The molecular weight excluding hydrogens is 482 g/mol. The van der Waals surface area contributed by atoms with Crippen LogP contribution >= 0.6 is 0 Å². The van der Waals surface area contributed by atoms with Crippen LogP contribution in [0, 0.1) is 0 Å². The van der Waals surface area contributed by atoms with Crippen LogP contribution in [0.15, 0.2) is 85.3 Å². The van der Waals surface area contributed by atoms with Crippen LogP contribution in [0.3, 0.4) is 0 Å². The second kappa shape index (κ2) is 11.1. The lowest BCUT2D eigenvalue weighted by Gasteiger charge is -2.36. The smallest absolute Gasteiger partial charge is 0.335 e. The van der Waals surface area contributed by atoms with E-state index in [9.17, 15) is 19.5 Å². The molecule has 2 amide bonds. The number of hydrogen-bond acceptors (Lipinski definition) is 5. The van der Waals surface area contributed by atoms with Gasteiger partial charge in [0, 0.05) is 38.2 Å². The predicted molar refractivity (Wildman–Crippen MR) is 140 cm³/mol. The Balaban J connectivity index is 1.33. The first-order chi connectivity index (χ1) is 18.5. The molecular formula is C29H27N5O4. The van der Waals surface area contributed by atoms with E-state index in [2.05, 4.69) is 15.3 Å². The van der Waals surface area contributed by atoms with Gasteiger partial charge in [0.2, 0.25) is 5.91 Å². The third-order valence-corrected chi connectivity index (χ3v) is 6.57. The van der Waals surface area contributed by atoms with E-state index in [0.29, 0.717) is 31.9 Å². The van der Waals surface area contributed by atoms with E-state index in [1.54, 1.807) is 30.7 Å². The highest BCUT2D eigenvalue weighted by atomic mass is 16.4. The van der Waals surface area contributed by atoms with Crippen molar-refractivity contribution < 1.29 is 19.5 Å². The van der Waals surface area contributed by atoms with Crippen LogP contribution in [0.1, 0.15) is 49.4 Å².